The van der Waals surface area contributed by atoms with Gasteiger partial charge in [-0.2, -0.15) is 0 Å². The second-order valence-electron chi connectivity index (χ2n) is 4.77. The Bertz CT molecular complexity index is 488. The van der Waals surface area contributed by atoms with Gasteiger partial charge in [0.2, 0.25) is 0 Å². The summed E-state index contributed by atoms with van der Waals surface area (Å²) in [6.45, 7) is 3.36. The third-order valence-electron chi connectivity index (χ3n) is 3.19. The quantitative estimate of drug-likeness (QED) is 0.862. The molecule has 0 heterocycles. The molecule has 0 saturated carbocycles. The molecule has 20 heavy (non-hydrogen) atoms. The first kappa shape index (κ1) is 18.4. The molecule has 5 nitrogen and oxygen atoms in total. The molecule has 1 aromatic rings. The van der Waals surface area contributed by atoms with E-state index in [1.807, 2.05) is 0 Å². The predicted molar refractivity (Wildman–Crippen MR) is 77.8 cm³/mol. The number of nitrogens with two attached hydrogens (primary N) is 1. The molecule has 0 aromatic heterocycles. The third-order valence-corrected chi connectivity index (χ3v) is 3.19. The first-order valence-corrected chi connectivity index (χ1v) is 5.87. The van der Waals surface area contributed by atoms with E-state index < -0.39 is 23.4 Å². The molecule has 0 bridgehead atoms. The number of benzene rings is 1. The molecule has 1 aromatic carbocycles. The van der Waals surface area contributed by atoms with Crippen LogP contribution in [0.25, 0.3) is 0 Å². The van der Waals surface area contributed by atoms with Crippen molar-refractivity contribution < 1.29 is 19.1 Å². The Morgan fingerprint density at radius 1 is 1.15 bits per heavy atom. The number of halogens is 1. The standard InChI is InChI=1S/C14H19NO4.ClH/c1-14(2,13(17)19-4)11(15)9-7-5-6-8-10(9)12(16)18-3;/h5-8,11H,15H2,1-4H3;1H/t11-;/m0./s1. The second kappa shape index (κ2) is 7.26. The summed E-state index contributed by atoms with van der Waals surface area (Å²) in [5.41, 5.74) is 6.10. The lowest BCUT2D eigenvalue weighted by Crippen LogP contribution is -2.38. The number of rotatable bonds is 4. The Balaban J connectivity index is 0.00000361. The molecule has 0 aliphatic rings. The zero-order valence-electron chi connectivity index (χ0n) is 12.0. The third kappa shape index (κ3) is 3.49. The molecule has 0 aliphatic carbocycles. The van der Waals surface area contributed by atoms with E-state index in [-0.39, 0.29) is 12.4 Å². The molecule has 0 spiro atoms. The first-order chi connectivity index (χ1) is 8.86. The Morgan fingerprint density at radius 2 is 1.70 bits per heavy atom. The van der Waals surface area contributed by atoms with Crippen LogP contribution in [0.4, 0.5) is 0 Å². The molecule has 6 heteroatoms. The van der Waals surface area contributed by atoms with Gasteiger partial charge in [-0.1, -0.05) is 18.2 Å². The number of methoxy groups -OCH3 is 2. The highest BCUT2D eigenvalue weighted by molar-refractivity contribution is 5.91. The smallest absolute Gasteiger partial charge is 0.338 e. The van der Waals surface area contributed by atoms with Gasteiger partial charge in [-0.05, 0) is 25.5 Å². The van der Waals surface area contributed by atoms with Crippen LogP contribution in [-0.4, -0.2) is 26.2 Å². The van der Waals surface area contributed by atoms with Gasteiger partial charge in [0.1, 0.15) is 0 Å². The second-order valence-corrected chi connectivity index (χ2v) is 4.77. The van der Waals surface area contributed by atoms with E-state index in [1.165, 1.54) is 14.2 Å². The van der Waals surface area contributed by atoms with Gasteiger partial charge in [0, 0.05) is 6.04 Å². The van der Waals surface area contributed by atoms with Gasteiger partial charge in [-0.15, -0.1) is 12.4 Å². The van der Waals surface area contributed by atoms with Crippen LogP contribution in [0.5, 0.6) is 0 Å². The van der Waals surface area contributed by atoms with Crippen LogP contribution in [-0.2, 0) is 14.3 Å². The molecule has 0 saturated heterocycles. The number of carbonyl (C=O) groups is 2. The van der Waals surface area contributed by atoms with Crippen molar-refractivity contribution >= 4 is 24.3 Å². The van der Waals surface area contributed by atoms with Crippen LogP contribution >= 0.6 is 12.4 Å². The van der Waals surface area contributed by atoms with E-state index in [1.54, 1.807) is 38.1 Å². The Labute approximate surface area is 124 Å². The van der Waals surface area contributed by atoms with Crippen LogP contribution in [0, 0.1) is 5.41 Å². The fourth-order valence-electron chi connectivity index (χ4n) is 1.84. The van der Waals surface area contributed by atoms with Crippen molar-refractivity contribution in [2.24, 2.45) is 11.1 Å². The lowest BCUT2D eigenvalue weighted by molar-refractivity contribution is -0.152. The Morgan fingerprint density at radius 3 is 2.20 bits per heavy atom. The summed E-state index contributed by atoms with van der Waals surface area (Å²) in [7, 11) is 2.61. The van der Waals surface area contributed by atoms with Crippen molar-refractivity contribution in [1.82, 2.24) is 0 Å². The van der Waals surface area contributed by atoms with Gasteiger partial charge in [0.05, 0.1) is 25.2 Å². The Kier molecular flexibility index (Phi) is 6.68. The number of carbonyl (C=O) groups excluding carboxylic acids is 2. The van der Waals surface area contributed by atoms with E-state index in [0.29, 0.717) is 11.1 Å². The van der Waals surface area contributed by atoms with Crippen LogP contribution in [0.1, 0.15) is 35.8 Å². The van der Waals surface area contributed by atoms with E-state index in [9.17, 15) is 9.59 Å². The summed E-state index contributed by atoms with van der Waals surface area (Å²) < 4.78 is 9.47. The number of esters is 2. The lowest BCUT2D eigenvalue weighted by atomic mass is 9.79. The van der Waals surface area contributed by atoms with E-state index >= 15 is 0 Å². The molecule has 1 atom stereocenters. The average Bonchev–Trinajstić information content (AvgIpc) is 2.44. The van der Waals surface area contributed by atoms with Crippen molar-refractivity contribution in [2.75, 3.05) is 14.2 Å². The van der Waals surface area contributed by atoms with Gasteiger partial charge in [0.25, 0.3) is 0 Å². The van der Waals surface area contributed by atoms with Crippen molar-refractivity contribution in [3.8, 4) is 0 Å². The number of ether oxygens (including phenoxy) is 2. The Hall–Kier alpha value is -1.59. The summed E-state index contributed by atoms with van der Waals surface area (Å²) in [5, 5.41) is 0. The van der Waals surface area contributed by atoms with Crippen molar-refractivity contribution in [3.05, 3.63) is 35.4 Å². The molecule has 0 amide bonds. The topological polar surface area (TPSA) is 78.6 Å². The molecule has 1 rings (SSSR count). The van der Waals surface area contributed by atoms with E-state index in [2.05, 4.69) is 0 Å². The summed E-state index contributed by atoms with van der Waals surface area (Å²) in [5.74, 6) is -0.911. The summed E-state index contributed by atoms with van der Waals surface area (Å²) in [6, 6.07) is 6.13. The largest absolute Gasteiger partial charge is 0.469 e. The van der Waals surface area contributed by atoms with E-state index in [0.717, 1.165) is 0 Å². The molecular weight excluding hydrogens is 282 g/mol. The highest BCUT2D eigenvalue weighted by Gasteiger charge is 2.38. The highest BCUT2D eigenvalue weighted by atomic mass is 35.5. The van der Waals surface area contributed by atoms with Crippen LogP contribution in [0.2, 0.25) is 0 Å². The van der Waals surface area contributed by atoms with E-state index in [4.69, 9.17) is 15.2 Å². The monoisotopic (exact) mass is 301 g/mol. The van der Waals surface area contributed by atoms with Crippen LogP contribution in [0.3, 0.4) is 0 Å². The van der Waals surface area contributed by atoms with Gasteiger partial charge in [0.15, 0.2) is 0 Å². The summed E-state index contributed by atoms with van der Waals surface area (Å²) in [4.78, 5) is 23.5. The fourth-order valence-corrected chi connectivity index (χ4v) is 1.84. The molecule has 2 N–H and O–H groups in total. The van der Waals surface area contributed by atoms with Gasteiger partial charge in [-0.25, -0.2) is 4.79 Å². The minimum atomic E-state index is -0.946. The summed E-state index contributed by atoms with van der Waals surface area (Å²) in [6.07, 6.45) is 0. The van der Waals surface area contributed by atoms with Gasteiger partial charge >= 0.3 is 11.9 Å². The molecule has 0 radical (unpaired) electrons. The molecule has 0 fully saturated rings. The maximum absolute atomic E-state index is 11.8. The van der Waals surface area contributed by atoms with Crippen molar-refractivity contribution in [1.29, 1.82) is 0 Å². The molecule has 0 unspecified atom stereocenters. The lowest BCUT2D eigenvalue weighted by Gasteiger charge is -2.29. The molecule has 112 valence electrons. The minimum absolute atomic E-state index is 0. The van der Waals surface area contributed by atoms with Crippen molar-refractivity contribution in [2.45, 2.75) is 19.9 Å². The highest BCUT2D eigenvalue weighted by Crippen LogP contribution is 2.34. The van der Waals surface area contributed by atoms with Crippen molar-refractivity contribution in [3.63, 3.8) is 0 Å². The maximum atomic E-state index is 11.8. The maximum Gasteiger partial charge on any atom is 0.338 e. The van der Waals surface area contributed by atoms with Gasteiger partial charge < -0.3 is 15.2 Å². The molecular formula is C14H20ClNO4. The SMILES string of the molecule is COC(=O)c1ccccc1[C@H](N)C(C)(C)C(=O)OC.Cl. The summed E-state index contributed by atoms with van der Waals surface area (Å²) >= 11 is 0. The van der Waals surface area contributed by atoms with Gasteiger partial charge in [-0.3, -0.25) is 4.79 Å². The number of hydrogen-bond donors (Lipinski definition) is 1. The first-order valence-electron chi connectivity index (χ1n) is 5.87. The molecule has 0 aliphatic heterocycles. The average molecular weight is 302 g/mol. The zero-order valence-corrected chi connectivity index (χ0v) is 12.8. The zero-order chi connectivity index (χ0) is 14.6. The number of hydrogen-bond acceptors (Lipinski definition) is 5. The van der Waals surface area contributed by atoms with Crippen LogP contribution < -0.4 is 5.73 Å². The fraction of sp³-hybridized carbons (Fsp3) is 0.429. The normalized spacial score (nSPS) is 12.1. The minimum Gasteiger partial charge on any atom is -0.469 e. The predicted octanol–water partition coefficient (Wildman–Crippen LogP) is 2.09. The van der Waals surface area contributed by atoms with Crippen LogP contribution in [0.15, 0.2) is 24.3 Å².